The minimum Gasteiger partial charge on any atom is -0.497 e. The number of rotatable bonds is 5. The standard InChI is InChI=1S/C20H21NO5/c1-11(2)10-15-20-9-8-14(26-20)16(19(23)24)17(20)18(22)21(15)12-4-6-13(25-3)7-5-12/h4-9,14-17H,1,10H2,2-3H3,(H,23,24)/t14-,15?,16-,17+,20-/m1/s1. The van der Waals surface area contributed by atoms with Crippen LogP contribution >= 0.6 is 0 Å². The van der Waals surface area contributed by atoms with Gasteiger partial charge in [0.2, 0.25) is 5.91 Å². The molecule has 0 aromatic heterocycles. The van der Waals surface area contributed by atoms with Gasteiger partial charge >= 0.3 is 5.97 Å². The summed E-state index contributed by atoms with van der Waals surface area (Å²) >= 11 is 0. The van der Waals surface area contributed by atoms with E-state index >= 15 is 0 Å². The second-order valence-corrected chi connectivity index (χ2v) is 7.22. The maximum absolute atomic E-state index is 13.3. The van der Waals surface area contributed by atoms with Crippen LogP contribution in [0, 0.1) is 11.8 Å². The molecule has 3 aliphatic rings. The monoisotopic (exact) mass is 355 g/mol. The van der Waals surface area contributed by atoms with Gasteiger partial charge in [0.25, 0.3) is 0 Å². The van der Waals surface area contributed by atoms with Crippen LogP contribution in [0.5, 0.6) is 5.75 Å². The summed E-state index contributed by atoms with van der Waals surface area (Å²) in [6.07, 6.45) is 3.66. The van der Waals surface area contributed by atoms with Crippen molar-refractivity contribution in [1.29, 1.82) is 0 Å². The fourth-order valence-corrected chi connectivity index (χ4v) is 4.56. The molecule has 0 saturated carbocycles. The van der Waals surface area contributed by atoms with Gasteiger partial charge in [-0.2, -0.15) is 0 Å². The van der Waals surface area contributed by atoms with Crippen molar-refractivity contribution >= 4 is 17.6 Å². The first-order valence-electron chi connectivity index (χ1n) is 8.60. The summed E-state index contributed by atoms with van der Waals surface area (Å²) in [5.74, 6) is -2.09. The molecule has 3 heterocycles. The maximum Gasteiger partial charge on any atom is 0.310 e. The molecule has 2 saturated heterocycles. The summed E-state index contributed by atoms with van der Waals surface area (Å²) in [5, 5.41) is 9.67. The van der Waals surface area contributed by atoms with Crippen molar-refractivity contribution in [2.45, 2.75) is 31.1 Å². The maximum atomic E-state index is 13.3. The highest BCUT2D eigenvalue weighted by molar-refractivity contribution is 6.03. The zero-order valence-corrected chi connectivity index (χ0v) is 14.7. The van der Waals surface area contributed by atoms with E-state index in [9.17, 15) is 14.7 Å². The third-order valence-electron chi connectivity index (χ3n) is 5.60. The van der Waals surface area contributed by atoms with Gasteiger partial charge in [0.1, 0.15) is 17.3 Å². The van der Waals surface area contributed by atoms with Gasteiger partial charge in [-0.05, 0) is 37.6 Å². The van der Waals surface area contributed by atoms with Gasteiger partial charge in [-0.25, -0.2) is 0 Å². The second kappa shape index (κ2) is 5.71. The molecule has 0 aliphatic carbocycles. The summed E-state index contributed by atoms with van der Waals surface area (Å²) in [4.78, 5) is 26.8. The number of nitrogens with zero attached hydrogens (tertiary/aromatic N) is 1. The van der Waals surface area contributed by atoms with Crippen molar-refractivity contribution in [2.24, 2.45) is 11.8 Å². The minimum absolute atomic E-state index is 0.208. The van der Waals surface area contributed by atoms with Gasteiger partial charge in [-0.3, -0.25) is 9.59 Å². The van der Waals surface area contributed by atoms with Gasteiger partial charge in [-0.15, -0.1) is 6.58 Å². The molecular weight excluding hydrogens is 334 g/mol. The Morgan fingerprint density at radius 2 is 2.08 bits per heavy atom. The van der Waals surface area contributed by atoms with Crippen LogP contribution < -0.4 is 9.64 Å². The number of methoxy groups -OCH3 is 1. The molecule has 1 unspecified atom stereocenters. The molecule has 5 atom stereocenters. The molecule has 0 radical (unpaired) electrons. The van der Waals surface area contributed by atoms with E-state index in [2.05, 4.69) is 6.58 Å². The molecule has 3 aliphatic heterocycles. The molecule has 1 N–H and O–H groups in total. The zero-order valence-electron chi connectivity index (χ0n) is 14.7. The van der Waals surface area contributed by atoms with E-state index in [4.69, 9.17) is 9.47 Å². The molecule has 1 aromatic carbocycles. The first-order valence-corrected chi connectivity index (χ1v) is 8.60. The van der Waals surface area contributed by atoms with E-state index < -0.39 is 29.5 Å². The Bertz CT molecular complexity index is 814. The minimum atomic E-state index is -0.995. The summed E-state index contributed by atoms with van der Waals surface area (Å²) < 4.78 is 11.3. The Balaban J connectivity index is 1.81. The largest absolute Gasteiger partial charge is 0.497 e. The van der Waals surface area contributed by atoms with Crippen LogP contribution in [0.15, 0.2) is 48.6 Å². The highest BCUT2D eigenvalue weighted by Gasteiger charge is 2.71. The summed E-state index contributed by atoms with van der Waals surface area (Å²) in [6.45, 7) is 5.90. The number of carboxylic acid groups (broad SMARTS) is 1. The lowest BCUT2D eigenvalue weighted by molar-refractivity contribution is -0.146. The molecule has 6 nitrogen and oxygen atoms in total. The third-order valence-corrected chi connectivity index (χ3v) is 5.60. The number of amides is 1. The number of hydrogen-bond acceptors (Lipinski definition) is 4. The summed E-state index contributed by atoms with van der Waals surface area (Å²) in [5.41, 5.74) is 0.704. The fourth-order valence-electron chi connectivity index (χ4n) is 4.56. The van der Waals surface area contributed by atoms with Crippen molar-refractivity contribution in [2.75, 3.05) is 12.0 Å². The number of carbonyl (C=O) groups is 2. The Labute approximate surface area is 151 Å². The van der Waals surface area contributed by atoms with E-state index in [0.29, 0.717) is 17.9 Å². The Kier molecular flexibility index (Phi) is 3.70. The third kappa shape index (κ3) is 2.15. The first-order chi connectivity index (χ1) is 12.4. The Morgan fingerprint density at radius 1 is 1.38 bits per heavy atom. The predicted molar refractivity (Wildman–Crippen MR) is 95.1 cm³/mol. The average Bonchev–Trinajstić information content (AvgIpc) is 3.24. The van der Waals surface area contributed by atoms with E-state index in [1.807, 2.05) is 25.1 Å². The van der Waals surface area contributed by atoms with Crippen LogP contribution in [-0.2, 0) is 14.3 Å². The van der Waals surface area contributed by atoms with Crippen molar-refractivity contribution in [1.82, 2.24) is 0 Å². The number of fused-ring (bicyclic) bond motifs is 1. The fraction of sp³-hybridized carbons (Fsp3) is 0.400. The highest BCUT2D eigenvalue weighted by atomic mass is 16.5. The van der Waals surface area contributed by atoms with Crippen LogP contribution in [-0.4, -0.2) is 41.8 Å². The summed E-state index contributed by atoms with van der Waals surface area (Å²) in [6, 6.07) is 6.87. The molecule has 6 heteroatoms. The zero-order chi connectivity index (χ0) is 18.6. The first kappa shape index (κ1) is 16.8. The Morgan fingerprint density at radius 3 is 2.65 bits per heavy atom. The van der Waals surface area contributed by atoms with Gasteiger partial charge < -0.3 is 19.5 Å². The molecule has 4 rings (SSSR count). The average molecular weight is 355 g/mol. The van der Waals surface area contributed by atoms with Crippen molar-refractivity contribution in [3.63, 3.8) is 0 Å². The van der Waals surface area contributed by atoms with Gasteiger partial charge in [0, 0.05) is 5.69 Å². The van der Waals surface area contributed by atoms with Gasteiger partial charge in [-0.1, -0.05) is 17.7 Å². The molecule has 1 spiro atoms. The normalized spacial score (nSPS) is 34.2. The second-order valence-electron chi connectivity index (χ2n) is 7.22. The summed E-state index contributed by atoms with van der Waals surface area (Å²) in [7, 11) is 1.58. The van der Waals surface area contributed by atoms with Crippen LogP contribution in [0.1, 0.15) is 13.3 Å². The van der Waals surface area contributed by atoms with Gasteiger partial charge in [0.05, 0.1) is 25.2 Å². The number of carbonyl (C=O) groups excluding carboxylic acids is 1. The predicted octanol–water partition coefficient (Wildman–Crippen LogP) is 2.40. The van der Waals surface area contributed by atoms with Crippen molar-refractivity contribution in [3.05, 3.63) is 48.6 Å². The number of anilines is 1. The smallest absolute Gasteiger partial charge is 0.310 e. The number of carboxylic acids is 1. The van der Waals surface area contributed by atoms with Crippen LogP contribution in [0.2, 0.25) is 0 Å². The lowest BCUT2D eigenvalue weighted by Crippen LogP contribution is -2.45. The molecular formula is C20H21NO5. The van der Waals surface area contributed by atoms with Crippen LogP contribution in [0.3, 0.4) is 0 Å². The number of ether oxygens (including phenoxy) is 2. The highest BCUT2D eigenvalue weighted by Crippen LogP contribution is 2.56. The van der Waals surface area contributed by atoms with Gasteiger partial charge in [0.15, 0.2) is 0 Å². The number of aliphatic carboxylic acids is 1. The molecule has 2 fully saturated rings. The van der Waals surface area contributed by atoms with E-state index in [1.54, 1.807) is 30.2 Å². The van der Waals surface area contributed by atoms with E-state index in [-0.39, 0.29) is 11.9 Å². The van der Waals surface area contributed by atoms with Crippen LogP contribution in [0.4, 0.5) is 5.69 Å². The lowest BCUT2D eigenvalue weighted by atomic mass is 9.74. The topological polar surface area (TPSA) is 76.1 Å². The number of benzene rings is 1. The Hall–Kier alpha value is -2.60. The molecule has 1 amide bonds. The molecule has 26 heavy (non-hydrogen) atoms. The lowest BCUT2D eigenvalue weighted by Gasteiger charge is -2.33. The van der Waals surface area contributed by atoms with Crippen molar-refractivity contribution < 1.29 is 24.2 Å². The molecule has 1 aromatic rings. The SMILES string of the molecule is C=C(C)CC1N(c2ccc(OC)cc2)C(=O)[C@@H]2[C@H](C(=O)O)[C@H]3C=C[C@@]12O3. The van der Waals surface area contributed by atoms with E-state index in [0.717, 1.165) is 5.57 Å². The van der Waals surface area contributed by atoms with Crippen molar-refractivity contribution in [3.8, 4) is 5.75 Å². The quantitative estimate of drug-likeness (QED) is 0.821. The van der Waals surface area contributed by atoms with E-state index in [1.165, 1.54) is 0 Å². The molecule has 2 bridgehead atoms. The molecule has 136 valence electrons. The van der Waals surface area contributed by atoms with Crippen LogP contribution in [0.25, 0.3) is 0 Å². The number of hydrogen-bond donors (Lipinski definition) is 1.